The number of aromatic nitrogens is 1. The van der Waals surface area contributed by atoms with Crippen molar-refractivity contribution in [1.29, 1.82) is 0 Å². The van der Waals surface area contributed by atoms with Crippen molar-refractivity contribution in [3.63, 3.8) is 0 Å². The summed E-state index contributed by atoms with van der Waals surface area (Å²) < 4.78 is 4.10. The Morgan fingerprint density at radius 1 is 1.11 bits per heavy atom. The third kappa shape index (κ3) is 4.03. The van der Waals surface area contributed by atoms with Gasteiger partial charge in [0.25, 0.3) is 0 Å². The number of aromatic carboxylic acids is 1. The van der Waals surface area contributed by atoms with Gasteiger partial charge in [0.05, 0.1) is 16.3 Å². The molecule has 0 aliphatic carbocycles. The molecule has 0 saturated carbocycles. The monoisotopic (exact) mass is 508 g/mol. The Bertz CT molecular complexity index is 1060. The van der Waals surface area contributed by atoms with E-state index in [1.165, 1.54) is 12.1 Å². The molecule has 138 valence electrons. The fourth-order valence-corrected chi connectivity index (χ4v) is 3.88. The molecule has 27 heavy (non-hydrogen) atoms. The molecule has 0 atom stereocenters. The zero-order valence-electron chi connectivity index (χ0n) is 14.5. The third-order valence-electron chi connectivity index (χ3n) is 4.22. The number of halogens is 3. The standard InChI is InChI=1S/C20H15Br2ClN2O2/c1-11-17(10-24-14-5-8-18(23)16(9-14)20(26)27)19(22)12(2)25(11)15-6-3-13(21)4-7-15/h3-10H,1-2H3,(H,26,27). The van der Waals surface area contributed by atoms with Gasteiger partial charge in [0, 0.05) is 37.8 Å². The van der Waals surface area contributed by atoms with Crippen LogP contribution in [-0.2, 0) is 0 Å². The Morgan fingerprint density at radius 2 is 1.78 bits per heavy atom. The first kappa shape index (κ1) is 19.9. The van der Waals surface area contributed by atoms with Crippen LogP contribution in [0.25, 0.3) is 5.69 Å². The van der Waals surface area contributed by atoms with E-state index in [-0.39, 0.29) is 10.6 Å². The van der Waals surface area contributed by atoms with Gasteiger partial charge in [-0.05, 0) is 72.2 Å². The highest BCUT2D eigenvalue weighted by Crippen LogP contribution is 2.31. The predicted molar refractivity (Wildman–Crippen MR) is 116 cm³/mol. The largest absolute Gasteiger partial charge is 0.478 e. The van der Waals surface area contributed by atoms with Crippen LogP contribution in [0.3, 0.4) is 0 Å². The number of carboxylic acids is 1. The molecule has 1 N–H and O–H groups in total. The molecule has 1 heterocycles. The Hall–Kier alpha value is -1.89. The first-order valence-electron chi connectivity index (χ1n) is 8.00. The van der Waals surface area contributed by atoms with Crippen LogP contribution in [0.1, 0.15) is 27.3 Å². The summed E-state index contributed by atoms with van der Waals surface area (Å²) in [7, 11) is 0. The van der Waals surface area contributed by atoms with Gasteiger partial charge in [-0.15, -0.1) is 0 Å². The summed E-state index contributed by atoms with van der Waals surface area (Å²) >= 11 is 13.0. The predicted octanol–water partition coefficient (Wildman–Crippen LogP) is 6.72. The molecule has 0 aliphatic heterocycles. The third-order valence-corrected chi connectivity index (χ3v) is 6.08. The van der Waals surface area contributed by atoms with Crippen molar-refractivity contribution in [2.45, 2.75) is 13.8 Å². The molecule has 1 aromatic heterocycles. The van der Waals surface area contributed by atoms with E-state index < -0.39 is 5.97 Å². The second-order valence-corrected chi connectivity index (χ2v) is 8.05. The van der Waals surface area contributed by atoms with Crippen LogP contribution in [0, 0.1) is 13.8 Å². The molecule has 0 radical (unpaired) electrons. The Kier molecular flexibility index (Phi) is 5.89. The summed E-state index contributed by atoms with van der Waals surface area (Å²) in [6.45, 7) is 4.05. The maximum Gasteiger partial charge on any atom is 0.337 e. The molecule has 0 spiro atoms. The van der Waals surface area contributed by atoms with E-state index in [0.717, 1.165) is 31.6 Å². The van der Waals surface area contributed by atoms with E-state index in [2.05, 4.69) is 41.4 Å². The maximum absolute atomic E-state index is 11.2. The van der Waals surface area contributed by atoms with Crippen molar-refractivity contribution in [3.05, 3.63) is 78.9 Å². The quantitative estimate of drug-likeness (QED) is 0.396. The highest BCUT2D eigenvalue weighted by Gasteiger charge is 2.16. The molecule has 0 fully saturated rings. The molecule has 0 saturated heterocycles. The molecule has 3 rings (SSSR count). The molecule has 0 aliphatic rings. The van der Waals surface area contributed by atoms with Crippen molar-refractivity contribution >= 4 is 61.3 Å². The summed E-state index contributed by atoms with van der Waals surface area (Å²) in [5, 5.41) is 9.39. The lowest BCUT2D eigenvalue weighted by Gasteiger charge is -2.09. The number of rotatable bonds is 4. The lowest BCUT2D eigenvalue weighted by atomic mass is 10.2. The molecule has 0 unspecified atom stereocenters. The van der Waals surface area contributed by atoms with Crippen molar-refractivity contribution in [3.8, 4) is 5.69 Å². The van der Waals surface area contributed by atoms with Crippen LogP contribution in [0.4, 0.5) is 5.69 Å². The SMILES string of the molecule is Cc1c(Br)c(C=Nc2ccc(Cl)c(C(=O)O)c2)c(C)n1-c1ccc(Br)cc1. The van der Waals surface area contributed by atoms with Crippen molar-refractivity contribution < 1.29 is 9.90 Å². The summed E-state index contributed by atoms with van der Waals surface area (Å²) in [6, 6.07) is 12.8. The Morgan fingerprint density at radius 3 is 2.41 bits per heavy atom. The zero-order chi connectivity index (χ0) is 19.7. The number of carbonyl (C=O) groups is 1. The normalized spacial score (nSPS) is 11.3. The van der Waals surface area contributed by atoms with Gasteiger partial charge in [-0.3, -0.25) is 4.99 Å². The minimum atomic E-state index is -1.08. The van der Waals surface area contributed by atoms with Gasteiger partial charge in [0.1, 0.15) is 0 Å². The van der Waals surface area contributed by atoms with Crippen molar-refractivity contribution in [1.82, 2.24) is 4.57 Å². The summed E-state index contributed by atoms with van der Waals surface area (Å²) in [4.78, 5) is 15.7. The van der Waals surface area contributed by atoms with Gasteiger partial charge in [-0.25, -0.2) is 4.79 Å². The van der Waals surface area contributed by atoms with Gasteiger partial charge < -0.3 is 9.67 Å². The number of aliphatic imine (C=N–C) groups is 1. The minimum absolute atomic E-state index is 0.0331. The second kappa shape index (κ2) is 8.00. The number of hydrogen-bond donors (Lipinski definition) is 1. The molecular weight excluding hydrogens is 495 g/mol. The summed E-state index contributed by atoms with van der Waals surface area (Å²) in [6.07, 6.45) is 1.73. The maximum atomic E-state index is 11.2. The summed E-state index contributed by atoms with van der Waals surface area (Å²) in [5.74, 6) is -1.08. The van der Waals surface area contributed by atoms with Crippen LogP contribution < -0.4 is 0 Å². The Balaban J connectivity index is 2.02. The second-order valence-electron chi connectivity index (χ2n) is 5.94. The van der Waals surface area contributed by atoms with Crippen molar-refractivity contribution in [2.75, 3.05) is 0 Å². The fourth-order valence-electron chi connectivity index (χ4n) is 2.85. The molecule has 0 bridgehead atoms. The first-order valence-corrected chi connectivity index (χ1v) is 9.96. The van der Waals surface area contributed by atoms with Crippen LogP contribution in [-0.4, -0.2) is 21.9 Å². The number of carboxylic acid groups (broad SMARTS) is 1. The highest BCUT2D eigenvalue weighted by atomic mass is 79.9. The molecular formula is C20H15Br2ClN2O2. The van der Waals surface area contributed by atoms with E-state index >= 15 is 0 Å². The van der Waals surface area contributed by atoms with Crippen LogP contribution in [0.15, 0.2) is 56.4 Å². The van der Waals surface area contributed by atoms with Crippen LogP contribution in [0.2, 0.25) is 5.02 Å². The molecule has 0 amide bonds. The lowest BCUT2D eigenvalue weighted by Crippen LogP contribution is -1.99. The highest BCUT2D eigenvalue weighted by molar-refractivity contribution is 9.10. The molecule has 4 nitrogen and oxygen atoms in total. The minimum Gasteiger partial charge on any atom is -0.478 e. The number of hydrogen-bond acceptors (Lipinski definition) is 2. The van der Waals surface area contributed by atoms with Crippen LogP contribution in [0.5, 0.6) is 0 Å². The van der Waals surface area contributed by atoms with E-state index in [9.17, 15) is 9.90 Å². The molecule has 2 aromatic carbocycles. The summed E-state index contributed by atoms with van der Waals surface area (Å²) in [5.41, 5.74) is 4.62. The van der Waals surface area contributed by atoms with Gasteiger partial charge in [0.2, 0.25) is 0 Å². The van der Waals surface area contributed by atoms with E-state index in [0.29, 0.717) is 5.69 Å². The van der Waals surface area contributed by atoms with E-state index in [1.807, 2.05) is 38.1 Å². The average molecular weight is 511 g/mol. The lowest BCUT2D eigenvalue weighted by molar-refractivity contribution is 0.0697. The zero-order valence-corrected chi connectivity index (χ0v) is 18.4. The smallest absolute Gasteiger partial charge is 0.337 e. The molecule has 3 aromatic rings. The van der Waals surface area contributed by atoms with Crippen LogP contribution >= 0.6 is 43.5 Å². The van der Waals surface area contributed by atoms with Crippen molar-refractivity contribution in [2.24, 2.45) is 4.99 Å². The fraction of sp³-hybridized carbons (Fsp3) is 0.100. The average Bonchev–Trinajstić information content (AvgIpc) is 2.84. The van der Waals surface area contributed by atoms with Gasteiger partial charge in [-0.2, -0.15) is 0 Å². The van der Waals surface area contributed by atoms with Gasteiger partial charge in [0.15, 0.2) is 0 Å². The van der Waals surface area contributed by atoms with Gasteiger partial charge in [-0.1, -0.05) is 27.5 Å². The Labute approximate surface area is 178 Å². The topological polar surface area (TPSA) is 54.6 Å². The van der Waals surface area contributed by atoms with E-state index in [1.54, 1.807) is 12.3 Å². The molecule has 7 heteroatoms. The van der Waals surface area contributed by atoms with Gasteiger partial charge >= 0.3 is 5.97 Å². The first-order chi connectivity index (χ1) is 12.8. The number of nitrogens with zero attached hydrogens (tertiary/aromatic N) is 2. The van der Waals surface area contributed by atoms with E-state index in [4.69, 9.17) is 11.6 Å². The number of benzene rings is 2.